The molecule has 2 aromatic rings. The van der Waals surface area contributed by atoms with E-state index < -0.39 is 0 Å². The molecule has 2 aliphatic carbocycles. The van der Waals surface area contributed by atoms with Crippen LogP contribution in [0.1, 0.15) is 61.1 Å². The first-order valence-corrected chi connectivity index (χ1v) is 12.4. The number of hydrogen-bond donors (Lipinski definition) is 1. The maximum atomic E-state index is 10.0. The second-order valence-corrected chi connectivity index (χ2v) is 10.1. The third-order valence-electron chi connectivity index (χ3n) is 8.06. The number of aromatic hydroxyl groups is 1. The average molecular weight is 436 g/mol. The Morgan fingerprint density at radius 1 is 0.938 bits per heavy atom. The number of aryl methyl sites for hydroxylation is 1. The largest absolute Gasteiger partial charge is 0.508 e. The van der Waals surface area contributed by atoms with Crippen LogP contribution in [0.5, 0.6) is 5.75 Å². The van der Waals surface area contributed by atoms with Crippen molar-refractivity contribution in [2.24, 2.45) is 17.8 Å². The minimum Gasteiger partial charge on any atom is -0.508 e. The Balaban J connectivity index is 1.33. The van der Waals surface area contributed by atoms with E-state index in [0.717, 1.165) is 38.3 Å². The van der Waals surface area contributed by atoms with Crippen LogP contribution in [0, 0.1) is 17.8 Å². The predicted molar refractivity (Wildman–Crippen MR) is 128 cm³/mol. The first kappa shape index (κ1) is 21.8. The monoisotopic (exact) mass is 435 g/mol. The van der Waals surface area contributed by atoms with Gasteiger partial charge < -0.3 is 19.5 Å². The van der Waals surface area contributed by atoms with Gasteiger partial charge in [-0.3, -0.25) is 0 Å². The fourth-order valence-corrected chi connectivity index (χ4v) is 6.16. The van der Waals surface area contributed by atoms with Gasteiger partial charge in [0.2, 0.25) is 0 Å². The first-order valence-electron chi connectivity index (χ1n) is 12.4. The number of anilines is 1. The maximum Gasteiger partial charge on any atom is 0.159 e. The molecule has 0 bridgehead atoms. The Hall–Kier alpha value is -2.04. The SMILES string of the molecule is COC(OC)C1CCN(c2ccc(C3c4ccc(O)cc4CCC3CC3CC3)cc2)CC1. The summed E-state index contributed by atoms with van der Waals surface area (Å²) in [6.45, 7) is 2.09. The predicted octanol–water partition coefficient (Wildman–Crippen LogP) is 5.72. The average Bonchev–Trinajstić information content (AvgIpc) is 3.65. The summed E-state index contributed by atoms with van der Waals surface area (Å²) in [5, 5.41) is 10.0. The lowest BCUT2D eigenvalue weighted by atomic mass is 9.70. The van der Waals surface area contributed by atoms with E-state index in [2.05, 4.69) is 35.2 Å². The van der Waals surface area contributed by atoms with E-state index in [9.17, 15) is 5.11 Å². The molecule has 1 saturated heterocycles. The van der Waals surface area contributed by atoms with Crippen LogP contribution in [-0.4, -0.2) is 38.7 Å². The van der Waals surface area contributed by atoms with E-state index in [4.69, 9.17) is 9.47 Å². The number of ether oxygens (including phenoxy) is 2. The number of phenolic OH excluding ortho intramolecular Hbond substituents is 1. The molecule has 0 aromatic heterocycles. The lowest BCUT2D eigenvalue weighted by Crippen LogP contribution is -2.39. The fraction of sp³-hybridized carbons (Fsp3) is 0.571. The zero-order valence-corrected chi connectivity index (χ0v) is 19.5. The minimum atomic E-state index is -0.0891. The van der Waals surface area contributed by atoms with E-state index in [0.29, 0.717) is 23.5 Å². The highest BCUT2D eigenvalue weighted by atomic mass is 16.7. The van der Waals surface area contributed by atoms with Gasteiger partial charge in [0.1, 0.15) is 5.75 Å². The van der Waals surface area contributed by atoms with Crippen molar-refractivity contribution < 1.29 is 14.6 Å². The van der Waals surface area contributed by atoms with Crippen LogP contribution < -0.4 is 4.90 Å². The van der Waals surface area contributed by atoms with Crippen molar-refractivity contribution in [3.05, 3.63) is 59.2 Å². The molecule has 1 saturated carbocycles. The molecule has 1 aliphatic heterocycles. The molecule has 2 fully saturated rings. The van der Waals surface area contributed by atoms with Gasteiger partial charge in [-0.15, -0.1) is 0 Å². The van der Waals surface area contributed by atoms with Crippen molar-refractivity contribution in [3.8, 4) is 5.75 Å². The first-order chi connectivity index (χ1) is 15.7. The molecule has 0 radical (unpaired) electrons. The number of hydrogen-bond acceptors (Lipinski definition) is 4. The van der Waals surface area contributed by atoms with Gasteiger partial charge in [-0.25, -0.2) is 0 Å². The molecule has 1 heterocycles. The van der Waals surface area contributed by atoms with Crippen molar-refractivity contribution in [1.29, 1.82) is 0 Å². The van der Waals surface area contributed by atoms with Crippen LogP contribution in [0.4, 0.5) is 5.69 Å². The van der Waals surface area contributed by atoms with Crippen molar-refractivity contribution in [2.45, 2.75) is 57.2 Å². The topological polar surface area (TPSA) is 41.9 Å². The summed E-state index contributed by atoms with van der Waals surface area (Å²) in [5.74, 6) is 2.96. The number of piperidine rings is 1. The van der Waals surface area contributed by atoms with Gasteiger partial charge >= 0.3 is 0 Å². The zero-order chi connectivity index (χ0) is 22.1. The van der Waals surface area contributed by atoms with Gasteiger partial charge in [-0.1, -0.05) is 31.0 Å². The second kappa shape index (κ2) is 9.44. The van der Waals surface area contributed by atoms with Crippen LogP contribution >= 0.6 is 0 Å². The highest BCUT2D eigenvalue weighted by molar-refractivity contribution is 5.51. The van der Waals surface area contributed by atoms with Gasteiger partial charge in [-0.2, -0.15) is 0 Å². The summed E-state index contributed by atoms with van der Waals surface area (Å²) >= 11 is 0. The summed E-state index contributed by atoms with van der Waals surface area (Å²) in [5.41, 5.74) is 5.51. The van der Waals surface area contributed by atoms with E-state index in [1.165, 1.54) is 48.1 Å². The van der Waals surface area contributed by atoms with Crippen molar-refractivity contribution in [3.63, 3.8) is 0 Å². The lowest BCUT2D eigenvalue weighted by molar-refractivity contribution is -0.141. The van der Waals surface area contributed by atoms with Crippen molar-refractivity contribution in [2.75, 3.05) is 32.2 Å². The third kappa shape index (κ3) is 4.53. The lowest BCUT2D eigenvalue weighted by Gasteiger charge is -2.37. The van der Waals surface area contributed by atoms with Gasteiger partial charge in [0.25, 0.3) is 0 Å². The van der Waals surface area contributed by atoms with E-state index >= 15 is 0 Å². The van der Waals surface area contributed by atoms with Gasteiger partial charge in [0.15, 0.2) is 6.29 Å². The number of nitrogens with zero attached hydrogens (tertiary/aromatic N) is 1. The summed E-state index contributed by atoms with van der Waals surface area (Å²) in [7, 11) is 3.47. The molecule has 1 N–H and O–H groups in total. The molecule has 2 atom stereocenters. The minimum absolute atomic E-state index is 0.0891. The van der Waals surface area contributed by atoms with Gasteiger partial charge in [0.05, 0.1) is 0 Å². The summed E-state index contributed by atoms with van der Waals surface area (Å²) in [6, 6.07) is 15.4. The highest BCUT2D eigenvalue weighted by Gasteiger charge is 2.35. The van der Waals surface area contributed by atoms with Crippen LogP contribution in [0.25, 0.3) is 0 Å². The van der Waals surface area contributed by atoms with Gasteiger partial charge in [0, 0.05) is 44.8 Å². The highest BCUT2D eigenvalue weighted by Crippen LogP contribution is 2.48. The molecule has 32 heavy (non-hydrogen) atoms. The van der Waals surface area contributed by atoms with Crippen molar-refractivity contribution >= 4 is 5.69 Å². The molecule has 5 rings (SSSR count). The normalized spacial score (nSPS) is 24.0. The molecule has 172 valence electrons. The van der Waals surface area contributed by atoms with Crippen LogP contribution in [-0.2, 0) is 15.9 Å². The van der Waals surface area contributed by atoms with E-state index in [1.54, 1.807) is 14.2 Å². The molecule has 0 spiro atoms. The Labute approximate surface area is 192 Å². The molecule has 3 aliphatic rings. The zero-order valence-electron chi connectivity index (χ0n) is 19.5. The summed E-state index contributed by atoms with van der Waals surface area (Å²) in [4.78, 5) is 2.50. The number of fused-ring (bicyclic) bond motifs is 1. The fourth-order valence-electron chi connectivity index (χ4n) is 6.16. The summed E-state index contributed by atoms with van der Waals surface area (Å²) in [6.07, 6.45) is 8.59. The summed E-state index contributed by atoms with van der Waals surface area (Å²) < 4.78 is 11.0. The Morgan fingerprint density at radius 3 is 2.31 bits per heavy atom. The Bertz CT molecular complexity index is 895. The molecule has 0 amide bonds. The van der Waals surface area contributed by atoms with E-state index in [1.807, 2.05) is 12.1 Å². The van der Waals surface area contributed by atoms with Crippen molar-refractivity contribution in [1.82, 2.24) is 0 Å². The van der Waals surface area contributed by atoms with Crippen LogP contribution in [0.3, 0.4) is 0 Å². The van der Waals surface area contributed by atoms with E-state index in [-0.39, 0.29) is 6.29 Å². The number of benzene rings is 2. The quantitative estimate of drug-likeness (QED) is 0.565. The number of phenols is 1. The van der Waals surface area contributed by atoms with Crippen LogP contribution in [0.15, 0.2) is 42.5 Å². The molecular formula is C28H37NO3. The Morgan fingerprint density at radius 2 is 1.66 bits per heavy atom. The van der Waals surface area contributed by atoms with Crippen LogP contribution in [0.2, 0.25) is 0 Å². The second-order valence-electron chi connectivity index (χ2n) is 10.1. The number of rotatable bonds is 7. The molecule has 2 aromatic carbocycles. The number of methoxy groups -OCH3 is 2. The molecule has 4 heteroatoms. The molecular weight excluding hydrogens is 398 g/mol. The van der Waals surface area contributed by atoms with Gasteiger partial charge in [-0.05, 0) is 84.9 Å². The molecule has 4 nitrogen and oxygen atoms in total. The maximum absolute atomic E-state index is 10.0. The molecule has 2 unspecified atom stereocenters. The third-order valence-corrected chi connectivity index (χ3v) is 8.06. The standard InChI is InChI=1S/C28H37NO3/c1-31-28(32-2)21-13-15-29(16-14-21)24-9-7-20(8-10-24)27-23(17-19-3-4-19)6-5-22-18-25(30)11-12-26(22)27/h7-12,18-19,21,23,27-28,30H,3-6,13-17H2,1-2H3. The smallest absolute Gasteiger partial charge is 0.159 e. The Kier molecular flexibility index (Phi) is 6.43.